The van der Waals surface area contributed by atoms with E-state index in [2.05, 4.69) is 40.5 Å². The number of hydrogen-bond donors (Lipinski definition) is 1. The van der Waals surface area contributed by atoms with Gasteiger partial charge in [-0.15, -0.1) is 0 Å². The highest BCUT2D eigenvalue weighted by molar-refractivity contribution is 5.44. The first-order chi connectivity index (χ1) is 13.3. The highest BCUT2D eigenvalue weighted by Gasteiger charge is 2.34. The van der Waals surface area contributed by atoms with Crippen LogP contribution in [0.4, 0.5) is 0 Å². The van der Waals surface area contributed by atoms with Crippen LogP contribution in [0.1, 0.15) is 36.4 Å². The molecule has 0 spiro atoms. The minimum Gasteiger partial charge on any atom is -0.493 e. The summed E-state index contributed by atoms with van der Waals surface area (Å²) in [7, 11) is 1.71. The van der Waals surface area contributed by atoms with Gasteiger partial charge >= 0.3 is 0 Å². The third kappa shape index (κ3) is 4.28. The Hall–Kier alpha value is -2.04. The topological polar surface area (TPSA) is 33.7 Å². The molecule has 1 aliphatic heterocycles. The SMILES string of the molecule is COc1ccc([C@@H](C2CCC2)N2CCNCC2)cc1OCc1ccccc1. The number of nitrogens with one attached hydrogen (secondary N) is 1. The third-order valence-electron chi connectivity index (χ3n) is 5.91. The lowest BCUT2D eigenvalue weighted by atomic mass is 9.76. The van der Waals surface area contributed by atoms with Crippen molar-refractivity contribution in [2.45, 2.75) is 31.9 Å². The molecule has 144 valence electrons. The van der Waals surface area contributed by atoms with Crippen molar-refractivity contribution in [3.8, 4) is 11.5 Å². The van der Waals surface area contributed by atoms with Crippen LogP contribution in [0.3, 0.4) is 0 Å². The number of benzene rings is 2. The zero-order valence-electron chi connectivity index (χ0n) is 16.2. The average Bonchev–Trinajstić information content (AvgIpc) is 2.70. The first-order valence-electron chi connectivity index (χ1n) is 10.1. The van der Waals surface area contributed by atoms with Crippen molar-refractivity contribution in [3.05, 3.63) is 59.7 Å². The molecule has 2 aromatic carbocycles. The van der Waals surface area contributed by atoms with Crippen molar-refractivity contribution in [3.63, 3.8) is 0 Å². The Morgan fingerprint density at radius 3 is 2.48 bits per heavy atom. The summed E-state index contributed by atoms with van der Waals surface area (Å²) in [6.45, 7) is 4.96. The second-order valence-corrected chi connectivity index (χ2v) is 7.61. The van der Waals surface area contributed by atoms with Gasteiger partial charge in [0.05, 0.1) is 7.11 Å². The van der Waals surface area contributed by atoms with Gasteiger partial charge in [0.25, 0.3) is 0 Å². The van der Waals surface area contributed by atoms with E-state index in [1.54, 1.807) is 7.11 Å². The largest absolute Gasteiger partial charge is 0.493 e. The molecule has 2 aliphatic rings. The summed E-state index contributed by atoms with van der Waals surface area (Å²) in [4.78, 5) is 2.66. The van der Waals surface area contributed by atoms with Gasteiger partial charge in [-0.3, -0.25) is 4.90 Å². The normalized spacial score (nSPS) is 19.3. The second-order valence-electron chi connectivity index (χ2n) is 7.61. The van der Waals surface area contributed by atoms with Crippen molar-refractivity contribution in [2.75, 3.05) is 33.3 Å². The Kier molecular flexibility index (Phi) is 5.95. The molecule has 1 N–H and O–H groups in total. The zero-order chi connectivity index (χ0) is 18.5. The van der Waals surface area contributed by atoms with Gasteiger partial charge in [-0.2, -0.15) is 0 Å². The average molecular weight is 367 g/mol. The maximum Gasteiger partial charge on any atom is 0.161 e. The minimum atomic E-state index is 0.492. The first kappa shape index (κ1) is 18.3. The Morgan fingerprint density at radius 1 is 1.04 bits per heavy atom. The lowest BCUT2D eigenvalue weighted by Gasteiger charge is -2.43. The van der Waals surface area contributed by atoms with Crippen molar-refractivity contribution in [1.29, 1.82) is 0 Å². The summed E-state index contributed by atoms with van der Waals surface area (Å²) in [5.74, 6) is 2.42. The summed E-state index contributed by atoms with van der Waals surface area (Å²) < 4.78 is 11.7. The van der Waals surface area contributed by atoms with Crippen molar-refractivity contribution in [2.24, 2.45) is 5.92 Å². The molecule has 1 saturated carbocycles. The van der Waals surface area contributed by atoms with Gasteiger partial charge in [0.15, 0.2) is 11.5 Å². The van der Waals surface area contributed by atoms with Gasteiger partial charge in [0.2, 0.25) is 0 Å². The van der Waals surface area contributed by atoms with Crippen molar-refractivity contribution < 1.29 is 9.47 Å². The van der Waals surface area contributed by atoms with E-state index in [0.717, 1.165) is 43.6 Å². The molecule has 2 fully saturated rings. The fourth-order valence-corrected chi connectivity index (χ4v) is 4.22. The molecule has 4 nitrogen and oxygen atoms in total. The molecule has 4 heteroatoms. The highest BCUT2D eigenvalue weighted by Crippen LogP contribution is 2.43. The van der Waals surface area contributed by atoms with E-state index in [9.17, 15) is 0 Å². The lowest BCUT2D eigenvalue weighted by Crippen LogP contribution is -2.47. The molecule has 2 aromatic rings. The highest BCUT2D eigenvalue weighted by atomic mass is 16.5. The van der Waals surface area contributed by atoms with Crippen molar-refractivity contribution >= 4 is 0 Å². The summed E-state index contributed by atoms with van der Waals surface area (Å²) in [6, 6.07) is 17.3. The van der Waals surface area contributed by atoms with Crippen LogP contribution in [0.5, 0.6) is 11.5 Å². The van der Waals surface area contributed by atoms with Gasteiger partial charge in [0.1, 0.15) is 6.61 Å². The number of rotatable bonds is 7. The maximum absolute atomic E-state index is 6.17. The Balaban J connectivity index is 1.57. The van der Waals surface area contributed by atoms with Crippen LogP contribution in [0.2, 0.25) is 0 Å². The third-order valence-corrected chi connectivity index (χ3v) is 5.91. The quantitative estimate of drug-likeness (QED) is 0.802. The van der Waals surface area contributed by atoms with Gasteiger partial charge in [0, 0.05) is 32.2 Å². The number of piperazine rings is 1. The van der Waals surface area contributed by atoms with E-state index in [4.69, 9.17) is 9.47 Å². The van der Waals surface area contributed by atoms with Crippen LogP contribution >= 0.6 is 0 Å². The maximum atomic E-state index is 6.17. The fraction of sp³-hybridized carbons (Fsp3) is 0.478. The van der Waals surface area contributed by atoms with Crippen LogP contribution in [0, 0.1) is 5.92 Å². The fourth-order valence-electron chi connectivity index (χ4n) is 4.22. The van der Waals surface area contributed by atoms with Gasteiger partial charge < -0.3 is 14.8 Å². The molecule has 0 radical (unpaired) electrons. The number of nitrogens with zero attached hydrogens (tertiary/aromatic N) is 1. The van der Waals surface area contributed by atoms with Crippen LogP contribution in [0.15, 0.2) is 48.5 Å². The zero-order valence-corrected chi connectivity index (χ0v) is 16.2. The predicted molar refractivity (Wildman–Crippen MR) is 108 cm³/mol. The van der Waals surface area contributed by atoms with Gasteiger partial charge in [-0.25, -0.2) is 0 Å². The Morgan fingerprint density at radius 2 is 1.81 bits per heavy atom. The molecule has 1 saturated heterocycles. The van der Waals surface area contributed by atoms with Gasteiger partial charge in [-0.1, -0.05) is 42.8 Å². The molecule has 1 atom stereocenters. The van der Waals surface area contributed by atoms with E-state index in [1.807, 2.05) is 18.2 Å². The summed E-state index contributed by atoms with van der Waals surface area (Å²) in [5, 5.41) is 3.48. The Labute approximate surface area is 162 Å². The van der Waals surface area contributed by atoms with E-state index >= 15 is 0 Å². The molecule has 0 amide bonds. The second kappa shape index (κ2) is 8.77. The first-order valence-corrected chi connectivity index (χ1v) is 10.1. The molecule has 27 heavy (non-hydrogen) atoms. The summed E-state index contributed by atoms with van der Waals surface area (Å²) in [6.07, 6.45) is 4.03. The molecular formula is C23H30N2O2. The lowest BCUT2D eigenvalue weighted by molar-refractivity contribution is 0.0834. The molecule has 0 bridgehead atoms. The van der Waals surface area contributed by atoms with Crippen LogP contribution < -0.4 is 14.8 Å². The van der Waals surface area contributed by atoms with E-state index in [-0.39, 0.29) is 0 Å². The smallest absolute Gasteiger partial charge is 0.161 e. The summed E-state index contributed by atoms with van der Waals surface area (Å²) >= 11 is 0. The minimum absolute atomic E-state index is 0.492. The molecule has 1 heterocycles. The van der Waals surface area contributed by atoms with Crippen LogP contribution in [-0.4, -0.2) is 38.2 Å². The van der Waals surface area contributed by atoms with Gasteiger partial charge in [-0.05, 0) is 42.0 Å². The summed E-state index contributed by atoms with van der Waals surface area (Å²) in [5.41, 5.74) is 2.54. The van der Waals surface area contributed by atoms with Crippen LogP contribution in [-0.2, 0) is 6.61 Å². The van der Waals surface area contributed by atoms with Crippen LogP contribution in [0.25, 0.3) is 0 Å². The molecule has 0 aromatic heterocycles. The Bertz CT molecular complexity index is 724. The van der Waals surface area contributed by atoms with E-state index in [1.165, 1.54) is 30.4 Å². The number of hydrogen-bond acceptors (Lipinski definition) is 4. The monoisotopic (exact) mass is 366 g/mol. The number of methoxy groups -OCH3 is 1. The molecule has 1 aliphatic carbocycles. The van der Waals surface area contributed by atoms with E-state index < -0.39 is 0 Å². The standard InChI is InChI=1S/C23H30N2O2/c1-26-21-11-10-20(16-22(21)27-17-18-6-3-2-4-7-18)23(19-8-5-9-19)25-14-12-24-13-15-25/h2-4,6-7,10-11,16,19,23-24H,5,8-9,12-15,17H2,1H3/t23-/m1/s1. The molecule has 4 rings (SSSR count). The predicted octanol–water partition coefficient (Wildman–Crippen LogP) is 4.02. The molecule has 0 unspecified atom stereocenters. The van der Waals surface area contributed by atoms with E-state index in [0.29, 0.717) is 12.6 Å². The number of ether oxygens (including phenoxy) is 2. The molecular weight excluding hydrogens is 336 g/mol. The van der Waals surface area contributed by atoms with Crippen molar-refractivity contribution in [1.82, 2.24) is 10.2 Å².